The molecule has 5 rings (SSSR count). The molecular weight excluding hydrogens is 416 g/mol. The summed E-state index contributed by atoms with van der Waals surface area (Å²) in [5.41, 5.74) is 2.32. The van der Waals surface area contributed by atoms with Gasteiger partial charge in [-0.05, 0) is 75.1 Å². The molecule has 1 N–H and O–H groups in total. The number of piperidine rings is 2. The first kappa shape index (κ1) is 22.2. The van der Waals surface area contributed by atoms with Gasteiger partial charge in [-0.2, -0.15) is 0 Å². The number of nitrogens with one attached hydrogen (secondary N) is 1. The van der Waals surface area contributed by atoms with Crippen LogP contribution in [0.25, 0.3) is 0 Å². The molecule has 1 aromatic carbocycles. The van der Waals surface area contributed by atoms with Crippen LogP contribution in [0.1, 0.15) is 36.4 Å². The Morgan fingerprint density at radius 1 is 1.06 bits per heavy atom. The van der Waals surface area contributed by atoms with Crippen molar-refractivity contribution in [1.82, 2.24) is 14.4 Å². The van der Waals surface area contributed by atoms with Crippen molar-refractivity contribution in [2.45, 2.75) is 44.2 Å². The molecule has 33 heavy (non-hydrogen) atoms. The van der Waals surface area contributed by atoms with Crippen molar-refractivity contribution in [3.63, 3.8) is 0 Å². The van der Waals surface area contributed by atoms with Gasteiger partial charge in [0.25, 0.3) is 5.56 Å². The summed E-state index contributed by atoms with van der Waals surface area (Å²) in [6.45, 7) is 5.20. The number of methoxy groups -OCH3 is 1. The van der Waals surface area contributed by atoms with Crippen LogP contribution < -0.4 is 15.6 Å². The number of fused-ring (bicyclic) bond motifs is 4. The zero-order valence-electron chi connectivity index (χ0n) is 19.6. The zero-order valence-corrected chi connectivity index (χ0v) is 19.6. The lowest BCUT2D eigenvalue weighted by Crippen LogP contribution is -2.53. The predicted octanol–water partition coefficient (Wildman–Crippen LogP) is 2.55. The normalized spacial score (nSPS) is 23.7. The molecule has 0 radical (unpaired) electrons. The zero-order chi connectivity index (χ0) is 22.9. The molecule has 7 heteroatoms. The Bertz CT molecular complexity index is 1060. The molecule has 2 fully saturated rings. The highest BCUT2D eigenvalue weighted by atomic mass is 16.5. The van der Waals surface area contributed by atoms with Gasteiger partial charge in [0, 0.05) is 37.3 Å². The molecule has 0 saturated carbocycles. The van der Waals surface area contributed by atoms with Gasteiger partial charge in [-0.3, -0.25) is 14.5 Å². The number of likely N-dealkylation sites (tertiary alicyclic amines) is 2. The molecule has 3 aliphatic rings. The molecule has 0 aliphatic carbocycles. The fourth-order valence-electron chi connectivity index (χ4n) is 5.86. The Kier molecular flexibility index (Phi) is 6.25. The SMILES string of the molecule is COc1ccc(CC(=O)Nc2ccc3n(c2=O)CC2CC3CN(C3CCN(C)CC3)C2)cc1. The molecule has 2 atom stereocenters. The van der Waals surface area contributed by atoms with Crippen LogP contribution in [0.3, 0.4) is 0 Å². The first-order valence-electron chi connectivity index (χ1n) is 12.1. The number of anilines is 1. The summed E-state index contributed by atoms with van der Waals surface area (Å²) in [5.74, 6) is 1.47. The number of carbonyl (C=O) groups excluding carboxylic acids is 1. The average Bonchev–Trinajstić information content (AvgIpc) is 2.82. The summed E-state index contributed by atoms with van der Waals surface area (Å²) in [7, 11) is 3.82. The average molecular weight is 451 g/mol. The third-order valence-corrected chi connectivity index (χ3v) is 7.63. The van der Waals surface area contributed by atoms with Crippen LogP contribution in [0.15, 0.2) is 41.2 Å². The maximum absolute atomic E-state index is 13.2. The minimum Gasteiger partial charge on any atom is -0.497 e. The summed E-state index contributed by atoms with van der Waals surface area (Å²) in [4.78, 5) is 30.9. The van der Waals surface area contributed by atoms with Crippen LogP contribution in [-0.2, 0) is 17.8 Å². The van der Waals surface area contributed by atoms with E-state index in [0.29, 0.717) is 23.6 Å². The lowest BCUT2D eigenvalue weighted by molar-refractivity contribution is -0.115. The molecule has 2 saturated heterocycles. The highest BCUT2D eigenvalue weighted by Gasteiger charge is 2.37. The van der Waals surface area contributed by atoms with E-state index in [9.17, 15) is 9.59 Å². The number of hydrogen-bond donors (Lipinski definition) is 1. The maximum Gasteiger partial charge on any atom is 0.274 e. The van der Waals surface area contributed by atoms with Gasteiger partial charge in [-0.15, -0.1) is 0 Å². The van der Waals surface area contributed by atoms with Gasteiger partial charge in [-0.1, -0.05) is 12.1 Å². The van der Waals surface area contributed by atoms with Crippen molar-refractivity contribution in [1.29, 1.82) is 0 Å². The van der Waals surface area contributed by atoms with Crippen molar-refractivity contribution in [2.24, 2.45) is 5.92 Å². The standard InChI is InChI=1S/C26H34N4O3/c1-28-11-9-21(10-12-28)29-15-19-13-20(17-29)24-8-7-23(26(32)30(24)16-19)27-25(31)14-18-3-5-22(33-2)6-4-18/h3-8,19-21H,9-17H2,1-2H3,(H,27,31). The van der Waals surface area contributed by atoms with Crippen LogP contribution >= 0.6 is 0 Å². The Labute approximate surface area is 195 Å². The smallest absolute Gasteiger partial charge is 0.274 e. The van der Waals surface area contributed by atoms with E-state index in [4.69, 9.17) is 4.74 Å². The molecule has 0 spiro atoms. The van der Waals surface area contributed by atoms with Crippen molar-refractivity contribution >= 4 is 11.6 Å². The van der Waals surface area contributed by atoms with Crippen LogP contribution in [0.4, 0.5) is 5.69 Å². The minimum absolute atomic E-state index is 0.0713. The monoisotopic (exact) mass is 450 g/mol. The molecule has 2 aromatic rings. The second-order valence-electron chi connectivity index (χ2n) is 9.95. The molecule has 2 bridgehead atoms. The number of benzene rings is 1. The van der Waals surface area contributed by atoms with E-state index in [1.54, 1.807) is 13.2 Å². The topological polar surface area (TPSA) is 66.8 Å². The van der Waals surface area contributed by atoms with E-state index in [0.717, 1.165) is 43.1 Å². The van der Waals surface area contributed by atoms with Crippen molar-refractivity contribution < 1.29 is 9.53 Å². The number of amides is 1. The molecule has 4 heterocycles. The second-order valence-corrected chi connectivity index (χ2v) is 9.95. The van der Waals surface area contributed by atoms with E-state index < -0.39 is 0 Å². The quantitative estimate of drug-likeness (QED) is 0.759. The van der Waals surface area contributed by atoms with E-state index >= 15 is 0 Å². The second kappa shape index (κ2) is 9.31. The third kappa shape index (κ3) is 4.70. The van der Waals surface area contributed by atoms with Gasteiger partial charge in [0.1, 0.15) is 11.4 Å². The molecular formula is C26H34N4O3. The lowest BCUT2D eigenvalue weighted by Gasteiger charge is -2.47. The third-order valence-electron chi connectivity index (χ3n) is 7.63. The number of aromatic nitrogens is 1. The summed E-state index contributed by atoms with van der Waals surface area (Å²) in [6.07, 6.45) is 3.86. The highest BCUT2D eigenvalue weighted by Crippen LogP contribution is 2.37. The number of carbonyl (C=O) groups is 1. The fraction of sp³-hybridized carbons (Fsp3) is 0.538. The Morgan fingerprint density at radius 2 is 1.82 bits per heavy atom. The maximum atomic E-state index is 13.2. The Balaban J connectivity index is 1.27. The molecule has 176 valence electrons. The lowest BCUT2D eigenvalue weighted by atomic mass is 9.82. The summed E-state index contributed by atoms with van der Waals surface area (Å²) in [6, 6.07) is 11.9. The molecule has 2 unspecified atom stereocenters. The van der Waals surface area contributed by atoms with Crippen molar-refractivity contribution in [2.75, 3.05) is 45.7 Å². The van der Waals surface area contributed by atoms with E-state index in [1.807, 2.05) is 28.8 Å². The number of rotatable bonds is 5. The predicted molar refractivity (Wildman–Crippen MR) is 129 cm³/mol. The number of pyridine rings is 1. The Morgan fingerprint density at radius 3 is 2.55 bits per heavy atom. The van der Waals surface area contributed by atoms with Crippen molar-refractivity contribution in [3.05, 3.63) is 58.0 Å². The van der Waals surface area contributed by atoms with Crippen LogP contribution in [0.2, 0.25) is 0 Å². The van der Waals surface area contributed by atoms with Crippen molar-refractivity contribution in [3.8, 4) is 5.75 Å². The molecule has 1 aromatic heterocycles. The first-order chi connectivity index (χ1) is 16.0. The number of ether oxygens (including phenoxy) is 1. The van der Waals surface area contributed by atoms with Crippen LogP contribution in [0.5, 0.6) is 5.75 Å². The Hall–Kier alpha value is -2.64. The van der Waals surface area contributed by atoms with Gasteiger partial charge < -0.3 is 19.5 Å². The van der Waals surface area contributed by atoms with Gasteiger partial charge >= 0.3 is 0 Å². The van der Waals surface area contributed by atoms with E-state index in [-0.39, 0.29) is 17.9 Å². The molecule has 7 nitrogen and oxygen atoms in total. The van der Waals surface area contributed by atoms with Crippen LogP contribution in [0, 0.1) is 5.92 Å². The summed E-state index contributed by atoms with van der Waals surface area (Å²) in [5, 5.41) is 2.85. The minimum atomic E-state index is -0.178. The summed E-state index contributed by atoms with van der Waals surface area (Å²) >= 11 is 0. The van der Waals surface area contributed by atoms with Gasteiger partial charge in [0.15, 0.2) is 0 Å². The molecule has 3 aliphatic heterocycles. The van der Waals surface area contributed by atoms with E-state index in [1.165, 1.54) is 25.9 Å². The molecule has 1 amide bonds. The summed E-state index contributed by atoms with van der Waals surface area (Å²) < 4.78 is 7.09. The number of hydrogen-bond acceptors (Lipinski definition) is 5. The van der Waals surface area contributed by atoms with Gasteiger partial charge in [0.2, 0.25) is 5.91 Å². The highest BCUT2D eigenvalue weighted by molar-refractivity contribution is 5.92. The first-order valence-corrected chi connectivity index (χ1v) is 12.1. The fourth-order valence-corrected chi connectivity index (χ4v) is 5.86. The van der Waals surface area contributed by atoms with Gasteiger partial charge in [-0.25, -0.2) is 0 Å². The van der Waals surface area contributed by atoms with Gasteiger partial charge in [0.05, 0.1) is 13.5 Å². The number of nitrogens with zero attached hydrogens (tertiary/aromatic N) is 3. The van der Waals surface area contributed by atoms with E-state index in [2.05, 4.69) is 28.2 Å². The largest absolute Gasteiger partial charge is 0.497 e. The van der Waals surface area contributed by atoms with Crippen LogP contribution in [-0.4, -0.2) is 66.7 Å².